The highest BCUT2D eigenvalue weighted by Gasteiger charge is 2.20. The third-order valence-electron chi connectivity index (χ3n) is 3.48. The van der Waals surface area contributed by atoms with E-state index in [1.807, 2.05) is 0 Å². The van der Waals surface area contributed by atoms with Crippen LogP contribution in [-0.2, 0) is 20.0 Å². The van der Waals surface area contributed by atoms with Gasteiger partial charge in [0.2, 0.25) is 10.0 Å². The highest BCUT2D eigenvalue weighted by atomic mass is 32.2. The number of aryl methyl sites for hydroxylation is 1. The summed E-state index contributed by atoms with van der Waals surface area (Å²) >= 11 is 0. The summed E-state index contributed by atoms with van der Waals surface area (Å²) in [6.07, 6.45) is 0. The first-order chi connectivity index (χ1) is 12.1. The molecule has 0 aliphatic carbocycles. The Hall–Kier alpha value is -2.43. The first-order valence-electron chi connectivity index (χ1n) is 7.53. The lowest BCUT2D eigenvalue weighted by Gasteiger charge is -2.12. The van der Waals surface area contributed by atoms with E-state index in [1.54, 1.807) is 13.8 Å². The van der Waals surface area contributed by atoms with Gasteiger partial charge >= 0.3 is 5.97 Å². The van der Waals surface area contributed by atoms with Crippen molar-refractivity contribution >= 4 is 31.7 Å². The van der Waals surface area contributed by atoms with Crippen molar-refractivity contribution in [2.24, 2.45) is 0 Å². The predicted octanol–water partition coefficient (Wildman–Crippen LogP) is 1.79. The van der Waals surface area contributed by atoms with Gasteiger partial charge in [-0.05, 0) is 48.9 Å². The number of carbonyl (C=O) groups is 1. The summed E-state index contributed by atoms with van der Waals surface area (Å²) in [6.45, 7) is 3.43. The molecule has 2 aromatic rings. The molecule has 140 valence electrons. The summed E-state index contributed by atoms with van der Waals surface area (Å²) in [6, 6.07) is 8.98. The number of benzene rings is 2. The maximum atomic E-state index is 12.5. The van der Waals surface area contributed by atoms with Gasteiger partial charge in [0.25, 0.3) is 10.0 Å². The number of hydrogen-bond acceptors (Lipinski definition) is 5. The van der Waals surface area contributed by atoms with E-state index in [4.69, 9.17) is 5.11 Å². The van der Waals surface area contributed by atoms with Crippen molar-refractivity contribution in [3.63, 3.8) is 0 Å². The van der Waals surface area contributed by atoms with Gasteiger partial charge in [0.15, 0.2) is 0 Å². The van der Waals surface area contributed by atoms with E-state index < -0.39 is 26.0 Å². The summed E-state index contributed by atoms with van der Waals surface area (Å²) in [5.41, 5.74) is 0.387. The molecule has 0 aliphatic rings. The van der Waals surface area contributed by atoms with Crippen LogP contribution in [0.1, 0.15) is 22.8 Å². The average molecular weight is 398 g/mol. The standard InChI is InChI=1S/C16H18N2O6S2/c1-3-17-25(21,22)14-8-6-13(7-9-14)18-26(23,24)15-10-12(16(19)20)5-4-11(15)2/h4-10,17-18H,3H2,1-2H3,(H,19,20). The maximum absolute atomic E-state index is 12.5. The van der Waals surface area contributed by atoms with Gasteiger partial charge in [-0.3, -0.25) is 4.72 Å². The Bertz CT molecular complexity index is 1030. The van der Waals surface area contributed by atoms with E-state index in [0.29, 0.717) is 5.56 Å². The highest BCUT2D eigenvalue weighted by Crippen LogP contribution is 2.22. The van der Waals surface area contributed by atoms with Crippen LogP contribution >= 0.6 is 0 Å². The minimum atomic E-state index is -4.04. The van der Waals surface area contributed by atoms with E-state index >= 15 is 0 Å². The molecule has 0 bridgehead atoms. The number of nitrogens with one attached hydrogen (secondary N) is 2. The van der Waals surface area contributed by atoms with Crippen molar-refractivity contribution < 1.29 is 26.7 Å². The monoisotopic (exact) mass is 398 g/mol. The molecule has 0 spiro atoms. The van der Waals surface area contributed by atoms with Crippen LogP contribution in [0.25, 0.3) is 0 Å². The number of aromatic carboxylic acids is 1. The van der Waals surface area contributed by atoms with Gasteiger partial charge in [-0.2, -0.15) is 0 Å². The van der Waals surface area contributed by atoms with Crippen molar-refractivity contribution in [1.29, 1.82) is 0 Å². The number of hydrogen-bond donors (Lipinski definition) is 3. The number of sulfonamides is 2. The first kappa shape index (κ1) is 19.9. The normalized spacial score (nSPS) is 11.9. The molecular formula is C16H18N2O6S2. The van der Waals surface area contributed by atoms with E-state index in [0.717, 1.165) is 6.07 Å². The van der Waals surface area contributed by atoms with E-state index in [9.17, 15) is 21.6 Å². The van der Waals surface area contributed by atoms with Crippen molar-refractivity contribution in [1.82, 2.24) is 4.72 Å². The molecule has 0 amide bonds. The van der Waals surface area contributed by atoms with Gasteiger partial charge < -0.3 is 5.11 Å². The van der Waals surface area contributed by atoms with Crippen LogP contribution in [0, 0.1) is 6.92 Å². The van der Waals surface area contributed by atoms with Crippen molar-refractivity contribution in [3.05, 3.63) is 53.6 Å². The van der Waals surface area contributed by atoms with Crippen LogP contribution in [0.3, 0.4) is 0 Å². The van der Waals surface area contributed by atoms with Gasteiger partial charge in [0, 0.05) is 12.2 Å². The molecule has 0 saturated heterocycles. The van der Waals surface area contributed by atoms with Gasteiger partial charge in [-0.25, -0.2) is 26.4 Å². The zero-order chi connectivity index (χ0) is 19.5. The summed E-state index contributed by atoms with van der Waals surface area (Å²) in [5.74, 6) is -1.24. The third-order valence-corrected chi connectivity index (χ3v) is 6.56. The summed E-state index contributed by atoms with van der Waals surface area (Å²) < 4.78 is 53.5. The number of anilines is 1. The zero-order valence-corrected chi connectivity index (χ0v) is 15.7. The second kappa shape index (κ2) is 7.44. The number of carboxylic acids is 1. The molecule has 2 rings (SSSR count). The molecule has 0 heterocycles. The Labute approximate surface area is 152 Å². The fourth-order valence-electron chi connectivity index (χ4n) is 2.21. The van der Waals surface area contributed by atoms with Gasteiger partial charge in [0.1, 0.15) is 0 Å². The van der Waals surface area contributed by atoms with Crippen LogP contribution in [0.15, 0.2) is 52.3 Å². The molecule has 0 atom stereocenters. The molecule has 10 heteroatoms. The topological polar surface area (TPSA) is 130 Å². The fraction of sp³-hybridized carbons (Fsp3) is 0.188. The molecule has 0 aliphatic heterocycles. The quantitative estimate of drug-likeness (QED) is 0.652. The van der Waals surface area contributed by atoms with Crippen LogP contribution in [0.5, 0.6) is 0 Å². The zero-order valence-electron chi connectivity index (χ0n) is 14.1. The van der Waals surface area contributed by atoms with Crippen LogP contribution < -0.4 is 9.44 Å². The Balaban J connectivity index is 2.33. The maximum Gasteiger partial charge on any atom is 0.335 e. The lowest BCUT2D eigenvalue weighted by molar-refractivity contribution is 0.0696. The minimum absolute atomic E-state index is 0.00588. The fourth-order valence-corrected chi connectivity index (χ4v) is 4.58. The summed E-state index contributed by atoms with van der Waals surface area (Å²) in [4.78, 5) is 10.9. The molecule has 0 aromatic heterocycles. The third kappa shape index (κ3) is 4.40. The summed E-state index contributed by atoms with van der Waals surface area (Å²) in [5, 5.41) is 9.03. The molecule has 0 unspecified atom stereocenters. The molecular weight excluding hydrogens is 380 g/mol. The summed E-state index contributed by atoms with van der Waals surface area (Å²) in [7, 11) is -7.67. The minimum Gasteiger partial charge on any atom is -0.478 e. The smallest absolute Gasteiger partial charge is 0.335 e. The first-order valence-corrected chi connectivity index (χ1v) is 10.5. The van der Waals surface area contributed by atoms with Gasteiger partial charge in [0.05, 0.1) is 15.4 Å². The number of rotatable bonds is 7. The lowest BCUT2D eigenvalue weighted by atomic mass is 10.1. The largest absolute Gasteiger partial charge is 0.478 e. The van der Waals surface area contributed by atoms with Crippen molar-refractivity contribution in [3.8, 4) is 0 Å². The molecule has 3 N–H and O–H groups in total. The molecule has 0 fully saturated rings. The second-order valence-corrected chi connectivity index (χ2v) is 8.83. The van der Waals surface area contributed by atoms with Crippen LogP contribution in [0.4, 0.5) is 5.69 Å². The Kier molecular flexibility index (Phi) is 5.69. The number of carboxylic acid groups (broad SMARTS) is 1. The van der Waals surface area contributed by atoms with E-state index in [2.05, 4.69) is 9.44 Å². The predicted molar refractivity (Wildman–Crippen MR) is 96.3 cm³/mol. The Morgan fingerprint density at radius 3 is 2.15 bits per heavy atom. The highest BCUT2D eigenvalue weighted by molar-refractivity contribution is 7.92. The van der Waals surface area contributed by atoms with Gasteiger partial charge in [-0.1, -0.05) is 13.0 Å². The molecule has 0 radical (unpaired) electrons. The molecule has 26 heavy (non-hydrogen) atoms. The van der Waals surface area contributed by atoms with Crippen LogP contribution in [-0.4, -0.2) is 34.5 Å². The van der Waals surface area contributed by atoms with E-state index in [-0.39, 0.29) is 27.6 Å². The second-order valence-electron chi connectivity index (χ2n) is 5.42. The van der Waals surface area contributed by atoms with Crippen molar-refractivity contribution in [2.75, 3.05) is 11.3 Å². The van der Waals surface area contributed by atoms with Crippen LogP contribution in [0.2, 0.25) is 0 Å². The SMILES string of the molecule is CCNS(=O)(=O)c1ccc(NS(=O)(=O)c2cc(C(=O)O)ccc2C)cc1. The van der Waals surface area contributed by atoms with E-state index in [1.165, 1.54) is 36.4 Å². The average Bonchev–Trinajstić information content (AvgIpc) is 2.55. The molecule has 2 aromatic carbocycles. The molecule has 0 saturated carbocycles. The molecule has 8 nitrogen and oxygen atoms in total. The van der Waals surface area contributed by atoms with Gasteiger partial charge in [-0.15, -0.1) is 0 Å². The lowest BCUT2D eigenvalue weighted by Crippen LogP contribution is -2.23. The Morgan fingerprint density at radius 2 is 1.62 bits per heavy atom. The van der Waals surface area contributed by atoms with Crippen molar-refractivity contribution in [2.45, 2.75) is 23.6 Å². The Morgan fingerprint density at radius 1 is 1.00 bits per heavy atom.